The fourth-order valence-electron chi connectivity index (χ4n) is 6.12. The SMILES string of the molecule is CC(C1CCN(C2CC(OC3CCNCC3)C2)CC1)n1cc(C(/C=C(\N)c2ccccc2O)=C(N)N)cn1. The molecule has 3 heterocycles. The Hall–Kier alpha value is -3.01. The van der Waals surface area contributed by atoms with Crippen molar-refractivity contribution in [2.45, 2.75) is 69.7 Å². The van der Waals surface area contributed by atoms with Gasteiger partial charge < -0.3 is 37.3 Å². The fourth-order valence-corrected chi connectivity index (χ4v) is 6.12. The normalized spacial score (nSPS) is 24.6. The number of benzene rings is 1. The second-order valence-electron chi connectivity index (χ2n) is 11.1. The summed E-state index contributed by atoms with van der Waals surface area (Å²) in [5.74, 6) is 0.829. The lowest BCUT2D eigenvalue weighted by Gasteiger charge is -2.47. The molecule has 3 aliphatic rings. The van der Waals surface area contributed by atoms with E-state index >= 15 is 0 Å². The topological polar surface area (TPSA) is 141 Å². The Balaban J connectivity index is 1.15. The van der Waals surface area contributed by atoms with Crippen LogP contribution in [0.2, 0.25) is 0 Å². The van der Waals surface area contributed by atoms with Crippen LogP contribution in [0.3, 0.4) is 0 Å². The Morgan fingerprint density at radius 2 is 1.79 bits per heavy atom. The second kappa shape index (κ2) is 11.8. The highest BCUT2D eigenvalue weighted by atomic mass is 16.5. The quantitative estimate of drug-likeness (QED) is 0.334. The summed E-state index contributed by atoms with van der Waals surface area (Å²) >= 11 is 0. The second-order valence-corrected chi connectivity index (χ2v) is 11.1. The Morgan fingerprint density at radius 3 is 2.47 bits per heavy atom. The van der Waals surface area contributed by atoms with Crippen LogP contribution in [0.25, 0.3) is 11.3 Å². The van der Waals surface area contributed by atoms with Crippen LogP contribution in [0.1, 0.15) is 62.6 Å². The summed E-state index contributed by atoms with van der Waals surface area (Å²) in [4.78, 5) is 2.67. The number of aromatic nitrogens is 2. The summed E-state index contributed by atoms with van der Waals surface area (Å²) in [7, 11) is 0. The molecule has 3 fully saturated rings. The van der Waals surface area contributed by atoms with Gasteiger partial charge in [0.05, 0.1) is 24.4 Å². The third kappa shape index (κ3) is 6.00. The minimum absolute atomic E-state index is 0.110. The smallest absolute Gasteiger partial charge is 0.124 e. The van der Waals surface area contributed by atoms with Gasteiger partial charge in [-0.25, -0.2) is 0 Å². The first kappa shape index (κ1) is 26.6. The Morgan fingerprint density at radius 1 is 1.08 bits per heavy atom. The minimum atomic E-state index is 0.110. The monoisotopic (exact) mass is 521 g/mol. The van der Waals surface area contributed by atoms with Gasteiger partial charge in [-0.2, -0.15) is 5.10 Å². The van der Waals surface area contributed by atoms with Gasteiger partial charge in [0.2, 0.25) is 0 Å². The lowest BCUT2D eigenvalue weighted by atomic mass is 9.83. The Bertz CT molecular complexity index is 1140. The van der Waals surface area contributed by atoms with Crippen molar-refractivity contribution in [2.24, 2.45) is 23.1 Å². The molecule has 0 bridgehead atoms. The van der Waals surface area contributed by atoms with Crippen molar-refractivity contribution in [1.29, 1.82) is 0 Å². The van der Waals surface area contributed by atoms with Gasteiger partial charge >= 0.3 is 0 Å². The van der Waals surface area contributed by atoms with Gasteiger partial charge in [0.1, 0.15) is 11.6 Å². The maximum absolute atomic E-state index is 10.1. The molecule has 9 nitrogen and oxygen atoms in total. The van der Waals surface area contributed by atoms with E-state index < -0.39 is 0 Å². The molecule has 206 valence electrons. The molecule has 0 radical (unpaired) electrons. The third-order valence-electron chi connectivity index (χ3n) is 8.67. The van der Waals surface area contributed by atoms with Crippen LogP contribution in [0.5, 0.6) is 5.75 Å². The Labute approximate surface area is 225 Å². The average Bonchev–Trinajstić information content (AvgIpc) is 3.39. The fraction of sp³-hybridized carbons (Fsp3) is 0.552. The average molecular weight is 522 g/mol. The number of piperidine rings is 2. The molecule has 1 aromatic heterocycles. The van der Waals surface area contributed by atoms with E-state index in [9.17, 15) is 5.11 Å². The molecule has 1 aliphatic carbocycles. The van der Waals surface area contributed by atoms with Crippen LogP contribution < -0.4 is 22.5 Å². The molecule has 5 rings (SSSR count). The summed E-state index contributed by atoms with van der Waals surface area (Å²) in [6.07, 6.45) is 13.4. The maximum Gasteiger partial charge on any atom is 0.124 e. The van der Waals surface area contributed by atoms with Gasteiger partial charge in [-0.05, 0) is 95.8 Å². The number of phenols is 1. The number of phenolic OH excluding ortho intramolecular Hbond substituents is 1. The largest absolute Gasteiger partial charge is 0.507 e. The molecule has 2 aliphatic heterocycles. The molecule has 1 saturated carbocycles. The van der Waals surface area contributed by atoms with Crippen LogP contribution in [0.4, 0.5) is 0 Å². The summed E-state index contributed by atoms with van der Waals surface area (Å²) < 4.78 is 8.36. The Kier molecular flexibility index (Phi) is 8.26. The van der Waals surface area contributed by atoms with Crippen molar-refractivity contribution < 1.29 is 9.84 Å². The van der Waals surface area contributed by atoms with Gasteiger partial charge in [-0.3, -0.25) is 4.68 Å². The third-order valence-corrected chi connectivity index (χ3v) is 8.67. The number of aromatic hydroxyl groups is 1. The number of hydrogen-bond acceptors (Lipinski definition) is 8. The molecule has 0 spiro atoms. The van der Waals surface area contributed by atoms with E-state index in [1.807, 2.05) is 16.9 Å². The predicted octanol–water partition coefficient (Wildman–Crippen LogP) is 2.75. The van der Waals surface area contributed by atoms with Crippen LogP contribution in [0.15, 0.2) is 48.6 Å². The number of nitrogens with one attached hydrogen (secondary N) is 1. The molecule has 0 amide bonds. The van der Waals surface area contributed by atoms with E-state index in [0.29, 0.717) is 41.0 Å². The predicted molar refractivity (Wildman–Crippen MR) is 151 cm³/mol. The van der Waals surface area contributed by atoms with E-state index in [4.69, 9.17) is 21.9 Å². The molecule has 1 unspecified atom stereocenters. The lowest BCUT2D eigenvalue weighted by Crippen LogP contribution is -2.52. The van der Waals surface area contributed by atoms with Gasteiger partial charge in [-0.1, -0.05) is 12.1 Å². The van der Waals surface area contributed by atoms with Crippen molar-refractivity contribution >= 4 is 11.3 Å². The highest BCUT2D eigenvalue weighted by molar-refractivity contribution is 5.84. The van der Waals surface area contributed by atoms with Gasteiger partial charge in [0, 0.05) is 34.6 Å². The summed E-state index contributed by atoms with van der Waals surface area (Å²) in [6, 6.07) is 7.88. The highest BCUT2D eigenvalue weighted by Gasteiger charge is 2.38. The van der Waals surface area contributed by atoms with Gasteiger partial charge in [0.15, 0.2) is 0 Å². The molecule has 8 N–H and O–H groups in total. The number of ether oxygens (including phenoxy) is 1. The number of para-hydroxylation sites is 1. The molecular weight excluding hydrogens is 478 g/mol. The van der Waals surface area contributed by atoms with Crippen LogP contribution >= 0.6 is 0 Å². The highest BCUT2D eigenvalue weighted by Crippen LogP contribution is 2.36. The zero-order valence-electron chi connectivity index (χ0n) is 22.4. The molecule has 2 saturated heterocycles. The first-order valence-corrected chi connectivity index (χ1v) is 14.0. The summed E-state index contributed by atoms with van der Waals surface area (Å²) in [6.45, 7) is 6.68. The van der Waals surface area contributed by atoms with Crippen molar-refractivity contribution in [1.82, 2.24) is 20.0 Å². The zero-order chi connectivity index (χ0) is 26.6. The first-order valence-electron chi connectivity index (χ1n) is 14.0. The molecule has 2 aromatic rings. The van der Waals surface area contributed by atoms with Crippen molar-refractivity contribution in [3.63, 3.8) is 0 Å². The number of allylic oxidation sites excluding steroid dienone is 2. The van der Waals surface area contributed by atoms with Crippen molar-refractivity contribution in [3.8, 4) is 5.75 Å². The summed E-state index contributed by atoms with van der Waals surface area (Å²) in [5, 5.41) is 18.2. The summed E-state index contributed by atoms with van der Waals surface area (Å²) in [5.41, 5.74) is 20.7. The minimum Gasteiger partial charge on any atom is -0.507 e. The first-order chi connectivity index (χ1) is 18.4. The van der Waals surface area contributed by atoms with Crippen LogP contribution in [0, 0.1) is 5.92 Å². The molecule has 1 aromatic carbocycles. The van der Waals surface area contributed by atoms with Gasteiger partial charge in [0.25, 0.3) is 0 Å². The maximum atomic E-state index is 10.1. The number of hydrogen-bond donors (Lipinski definition) is 5. The number of nitrogens with zero attached hydrogens (tertiary/aromatic N) is 3. The van der Waals surface area contributed by atoms with E-state index in [1.165, 1.54) is 12.8 Å². The van der Waals surface area contributed by atoms with Crippen molar-refractivity contribution in [3.05, 3.63) is 59.7 Å². The standard InChI is InChI=1S/C29H43N7O2/c1-19(20-8-12-35(13-9-20)22-14-24(15-22)38-23-6-10-33-11-7-23)36-18-21(17-34-36)26(29(31)32)16-27(30)25-4-2-3-5-28(25)37/h2-5,16-20,22-24,33,37H,6-15,30-32H2,1H3/b27-16-. The van der Waals surface area contributed by atoms with Crippen LogP contribution in [-0.2, 0) is 4.74 Å². The molecule has 1 atom stereocenters. The molecular formula is C29H43N7O2. The van der Waals surface area contributed by atoms with Gasteiger partial charge in [-0.15, -0.1) is 0 Å². The number of likely N-dealkylation sites (tertiary alicyclic amines) is 1. The number of rotatable bonds is 8. The van der Waals surface area contributed by atoms with Crippen LogP contribution in [-0.4, -0.2) is 64.2 Å². The van der Waals surface area contributed by atoms with E-state index in [1.54, 1.807) is 30.5 Å². The number of nitrogens with two attached hydrogens (primary N) is 3. The van der Waals surface area contributed by atoms with Crippen molar-refractivity contribution in [2.75, 3.05) is 26.2 Å². The van der Waals surface area contributed by atoms with E-state index in [-0.39, 0.29) is 17.6 Å². The lowest BCUT2D eigenvalue weighted by molar-refractivity contribution is -0.0998. The zero-order valence-corrected chi connectivity index (χ0v) is 22.4. The van der Waals surface area contributed by atoms with E-state index in [0.717, 1.165) is 57.4 Å². The molecule has 38 heavy (non-hydrogen) atoms. The van der Waals surface area contributed by atoms with E-state index in [2.05, 4.69) is 22.2 Å². The molecule has 9 heteroatoms.